The van der Waals surface area contributed by atoms with E-state index in [2.05, 4.69) is 4.98 Å². The Morgan fingerprint density at radius 1 is 1.03 bits per heavy atom. The number of ether oxygens (including phenoxy) is 1. The van der Waals surface area contributed by atoms with Gasteiger partial charge in [-0.1, -0.05) is 54.3 Å². The minimum absolute atomic E-state index is 0.108. The predicted molar refractivity (Wildman–Crippen MR) is 147 cm³/mol. The summed E-state index contributed by atoms with van der Waals surface area (Å²) in [5.41, 5.74) is 3.75. The number of halogens is 1. The molecule has 37 heavy (non-hydrogen) atoms. The molecule has 0 radical (unpaired) electrons. The number of hydrogen-bond donors (Lipinski definition) is 0. The molecule has 1 aliphatic rings. The topological polar surface area (TPSA) is 63.9 Å². The number of amides is 1. The second kappa shape index (κ2) is 9.91. The summed E-state index contributed by atoms with van der Waals surface area (Å²) in [5.74, 6) is -0.0178. The molecule has 0 spiro atoms. The standard InChI is InChI=1S/C28H22FN3O3S2/c1-16-6-4-8-22(18(16)3)35-25-21(26(33)31-13-5-7-17(2)24(31)30-25)14-23-27(34)32(28(36)37-23)15-19-9-11-20(29)12-10-19/h4-14H,15H2,1-3H3/b23-14+. The quantitative estimate of drug-likeness (QED) is 0.234. The zero-order chi connectivity index (χ0) is 26.3. The number of carbonyl (C=O) groups is 1. The van der Waals surface area contributed by atoms with Crippen molar-refractivity contribution in [3.8, 4) is 11.6 Å². The van der Waals surface area contributed by atoms with E-state index in [1.165, 1.54) is 27.5 Å². The highest BCUT2D eigenvalue weighted by atomic mass is 32.2. The second-order valence-corrected chi connectivity index (χ2v) is 10.4. The summed E-state index contributed by atoms with van der Waals surface area (Å²) in [6.45, 7) is 5.97. The van der Waals surface area contributed by atoms with Crippen LogP contribution in [0.4, 0.5) is 4.39 Å². The molecule has 0 atom stereocenters. The lowest BCUT2D eigenvalue weighted by Crippen LogP contribution is -2.27. The van der Waals surface area contributed by atoms with Gasteiger partial charge in [-0.25, -0.2) is 4.39 Å². The number of aryl methyl sites for hydroxylation is 2. The van der Waals surface area contributed by atoms with Crippen LogP contribution in [0.3, 0.4) is 0 Å². The van der Waals surface area contributed by atoms with Crippen LogP contribution in [0.1, 0.15) is 27.8 Å². The van der Waals surface area contributed by atoms with Crippen LogP contribution in [0.5, 0.6) is 11.6 Å². The Kier molecular flexibility index (Phi) is 6.66. The van der Waals surface area contributed by atoms with Crippen molar-refractivity contribution in [1.29, 1.82) is 0 Å². The molecule has 2 aromatic heterocycles. The van der Waals surface area contributed by atoms with E-state index in [0.29, 0.717) is 15.7 Å². The second-order valence-electron chi connectivity index (χ2n) is 8.72. The third-order valence-corrected chi connectivity index (χ3v) is 7.59. The summed E-state index contributed by atoms with van der Waals surface area (Å²) < 4.78 is 21.3. The Labute approximate surface area is 222 Å². The number of carbonyl (C=O) groups excluding carboxylic acids is 1. The van der Waals surface area contributed by atoms with Crippen molar-refractivity contribution >= 4 is 45.9 Å². The van der Waals surface area contributed by atoms with Gasteiger partial charge in [-0.05, 0) is 73.4 Å². The smallest absolute Gasteiger partial charge is 0.269 e. The first-order valence-corrected chi connectivity index (χ1v) is 12.7. The summed E-state index contributed by atoms with van der Waals surface area (Å²) >= 11 is 6.56. The summed E-state index contributed by atoms with van der Waals surface area (Å²) in [7, 11) is 0. The Hall–Kier alpha value is -3.82. The number of rotatable bonds is 5. The molecule has 4 aromatic rings. The molecule has 6 nitrogen and oxygen atoms in total. The largest absolute Gasteiger partial charge is 0.438 e. The third kappa shape index (κ3) is 4.80. The number of aromatic nitrogens is 2. The summed E-state index contributed by atoms with van der Waals surface area (Å²) in [6.07, 6.45) is 3.13. The Morgan fingerprint density at radius 3 is 2.51 bits per heavy atom. The fraction of sp³-hybridized carbons (Fsp3) is 0.143. The number of pyridine rings is 1. The molecule has 186 valence electrons. The van der Waals surface area contributed by atoms with Gasteiger partial charge in [0.1, 0.15) is 27.1 Å². The maximum absolute atomic E-state index is 13.6. The molecule has 0 aliphatic carbocycles. The van der Waals surface area contributed by atoms with Gasteiger partial charge in [0.2, 0.25) is 5.88 Å². The van der Waals surface area contributed by atoms with E-state index in [1.54, 1.807) is 24.4 Å². The molecule has 1 aliphatic heterocycles. The molecule has 0 unspecified atom stereocenters. The van der Waals surface area contributed by atoms with Gasteiger partial charge in [0.25, 0.3) is 11.5 Å². The number of fused-ring (bicyclic) bond motifs is 1. The first-order chi connectivity index (χ1) is 17.7. The average molecular weight is 532 g/mol. The van der Waals surface area contributed by atoms with Gasteiger partial charge in [-0.2, -0.15) is 4.98 Å². The van der Waals surface area contributed by atoms with Gasteiger partial charge >= 0.3 is 0 Å². The molecular formula is C28H22FN3O3S2. The highest BCUT2D eigenvalue weighted by Crippen LogP contribution is 2.35. The van der Waals surface area contributed by atoms with E-state index >= 15 is 0 Å². The fourth-order valence-corrected chi connectivity index (χ4v) is 5.21. The number of nitrogens with zero attached hydrogens (tertiary/aromatic N) is 3. The Balaban J connectivity index is 1.59. The van der Waals surface area contributed by atoms with Crippen LogP contribution in [0.25, 0.3) is 11.7 Å². The highest BCUT2D eigenvalue weighted by Gasteiger charge is 2.33. The first kappa shape index (κ1) is 24.9. The SMILES string of the molecule is Cc1cccc(Oc2nc3c(C)cccn3c(=O)c2/C=C2/SC(=S)N(Cc3ccc(F)cc3)C2=O)c1C. The number of thiocarbonyl (C=S) groups is 1. The molecule has 0 saturated carbocycles. The fourth-order valence-electron chi connectivity index (χ4n) is 3.97. The molecule has 5 rings (SSSR count). The number of hydrogen-bond acceptors (Lipinski definition) is 6. The first-order valence-electron chi connectivity index (χ1n) is 11.5. The molecule has 0 N–H and O–H groups in total. The third-order valence-electron chi connectivity index (χ3n) is 6.21. The van der Waals surface area contributed by atoms with Crippen LogP contribution in [-0.4, -0.2) is 24.5 Å². The predicted octanol–water partition coefficient (Wildman–Crippen LogP) is 5.95. The maximum atomic E-state index is 13.6. The van der Waals surface area contributed by atoms with Gasteiger partial charge in [-0.15, -0.1) is 0 Å². The molecule has 1 fully saturated rings. The van der Waals surface area contributed by atoms with Crippen molar-refractivity contribution in [2.45, 2.75) is 27.3 Å². The van der Waals surface area contributed by atoms with E-state index in [1.807, 2.05) is 45.0 Å². The van der Waals surface area contributed by atoms with Crippen LogP contribution in [-0.2, 0) is 11.3 Å². The lowest BCUT2D eigenvalue weighted by molar-refractivity contribution is -0.122. The monoisotopic (exact) mass is 531 g/mol. The zero-order valence-corrected chi connectivity index (χ0v) is 22.0. The van der Waals surface area contributed by atoms with Crippen molar-refractivity contribution < 1.29 is 13.9 Å². The number of thioether (sulfide) groups is 1. The van der Waals surface area contributed by atoms with Crippen molar-refractivity contribution in [2.24, 2.45) is 0 Å². The van der Waals surface area contributed by atoms with E-state index in [4.69, 9.17) is 17.0 Å². The van der Waals surface area contributed by atoms with Crippen molar-refractivity contribution in [2.75, 3.05) is 0 Å². The lowest BCUT2D eigenvalue weighted by atomic mass is 10.1. The Morgan fingerprint density at radius 2 is 1.76 bits per heavy atom. The number of benzene rings is 2. The van der Waals surface area contributed by atoms with Gasteiger partial charge < -0.3 is 4.74 Å². The lowest BCUT2D eigenvalue weighted by Gasteiger charge is -2.15. The maximum Gasteiger partial charge on any atom is 0.269 e. The molecule has 9 heteroatoms. The van der Waals surface area contributed by atoms with E-state index in [9.17, 15) is 14.0 Å². The van der Waals surface area contributed by atoms with Crippen molar-refractivity contribution in [3.63, 3.8) is 0 Å². The zero-order valence-electron chi connectivity index (χ0n) is 20.3. The summed E-state index contributed by atoms with van der Waals surface area (Å²) in [4.78, 5) is 33.3. The Bertz CT molecular complexity index is 1660. The van der Waals surface area contributed by atoms with Crippen LogP contribution in [0, 0.1) is 26.6 Å². The van der Waals surface area contributed by atoms with E-state index in [0.717, 1.165) is 34.0 Å². The van der Waals surface area contributed by atoms with Crippen LogP contribution in [0.2, 0.25) is 0 Å². The highest BCUT2D eigenvalue weighted by molar-refractivity contribution is 8.26. The van der Waals surface area contributed by atoms with Gasteiger partial charge in [0.05, 0.1) is 11.4 Å². The van der Waals surface area contributed by atoms with E-state index in [-0.39, 0.29) is 40.2 Å². The van der Waals surface area contributed by atoms with Crippen LogP contribution < -0.4 is 10.3 Å². The van der Waals surface area contributed by atoms with Gasteiger partial charge in [0, 0.05) is 6.20 Å². The van der Waals surface area contributed by atoms with Gasteiger partial charge in [-0.3, -0.25) is 18.9 Å². The molecule has 1 saturated heterocycles. The normalized spacial score (nSPS) is 14.7. The summed E-state index contributed by atoms with van der Waals surface area (Å²) in [6, 6.07) is 15.2. The van der Waals surface area contributed by atoms with Gasteiger partial charge in [0.15, 0.2) is 0 Å². The van der Waals surface area contributed by atoms with E-state index < -0.39 is 0 Å². The van der Waals surface area contributed by atoms with Crippen molar-refractivity contribution in [3.05, 3.63) is 110 Å². The average Bonchev–Trinajstić information content (AvgIpc) is 3.13. The van der Waals surface area contributed by atoms with Crippen LogP contribution in [0.15, 0.2) is 70.5 Å². The molecular weight excluding hydrogens is 509 g/mol. The molecule has 0 bridgehead atoms. The molecule has 2 aromatic carbocycles. The van der Waals surface area contributed by atoms with Crippen LogP contribution >= 0.6 is 24.0 Å². The minimum atomic E-state index is -0.363. The summed E-state index contributed by atoms with van der Waals surface area (Å²) in [5, 5.41) is 0. The molecule has 3 heterocycles. The molecule has 1 amide bonds. The minimum Gasteiger partial charge on any atom is -0.438 e. The van der Waals surface area contributed by atoms with Crippen molar-refractivity contribution in [1.82, 2.24) is 14.3 Å².